The highest BCUT2D eigenvalue weighted by molar-refractivity contribution is 5.78. The molecule has 0 spiro atoms. The number of rotatable bonds is 6. The van der Waals surface area contributed by atoms with E-state index in [0.29, 0.717) is 18.1 Å². The van der Waals surface area contributed by atoms with Gasteiger partial charge in [-0.15, -0.1) is 5.10 Å². The summed E-state index contributed by atoms with van der Waals surface area (Å²) in [6, 6.07) is 5.44. The molecule has 6 heteroatoms. The van der Waals surface area contributed by atoms with Gasteiger partial charge in [0.05, 0.1) is 7.11 Å². The second-order valence-corrected chi connectivity index (χ2v) is 3.32. The zero-order valence-electron chi connectivity index (χ0n) is 10.2. The molecule has 1 aromatic rings. The van der Waals surface area contributed by atoms with Gasteiger partial charge in [-0.05, 0) is 18.2 Å². The van der Waals surface area contributed by atoms with Gasteiger partial charge in [0.1, 0.15) is 6.61 Å². The average Bonchev–Trinajstić information content (AvgIpc) is 2.36. The van der Waals surface area contributed by atoms with E-state index in [1.807, 2.05) is 6.07 Å². The van der Waals surface area contributed by atoms with Crippen LogP contribution in [-0.2, 0) is 0 Å². The number of methoxy groups -OCH3 is 1. The van der Waals surface area contributed by atoms with Crippen molar-refractivity contribution in [2.75, 3.05) is 13.7 Å². The smallest absolute Gasteiger partial charge is 0.256 e. The molecular formula is C12H17N4O2+. The summed E-state index contributed by atoms with van der Waals surface area (Å²) >= 11 is 0. The number of guanidine groups is 1. The molecule has 1 aromatic carbocycles. The molecule has 0 aliphatic heterocycles. The van der Waals surface area contributed by atoms with E-state index in [2.05, 4.69) is 16.8 Å². The minimum atomic E-state index is -0.0378. The molecule has 0 radical (unpaired) electrons. The number of nitrogens with zero attached hydrogens (tertiary/aromatic N) is 1. The molecule has 0 aliphatic rings. The maximum absolute atomic E-state index is 5.43. The number of hydrogen-bond acceptors (Lipinski definition) is 3. The summed E-state index contributed by atoms with van der Waals surface area (Å²) < 4.78 is 10.6. The van der Waals surface area contributed by atoms with Crippen molar-refractivity contribution in [2.45, 2.75) is 0 Å². The first-order valence-electron chi connectivity index (χ1n) is 5.26. The zero-order chi connectivity index (χ0) is 13.4. The van der Waals surface area contributed by atoms with E-state index < -0.39 is 0 Å². The fourth-order valence-corrected chi connectivity index (χ4v) is 1.22. The van der Waals surface area contributed by atoms with Gasteiger partial charge in [-0.3, -0.25) is 0 Å². The Labute approximate surface area is 106 Å². The van der Waals surface area contributed by atoms with Crippen molar-refractivity contribution >= 4 is 12.2 Å². The fourth-order valence-electron chi connectivity index (χ4n) is 1.22. The largest absolute Gasteiger partial charge is 0.493 e. The van der Waals surface area contributed by atoms with Crippen molar-refractivity contribution in [2.24, 2.45) is 16.6 Å². The summed E-state index contributed by atoms with van der Waals surface area (Å²) in [5, 5.41) is 6.24. The summed E-state index contributed by atoms with van der Waals surface area (Å²) in [4.78, 5) is 0. The van der Waals surface area contributed by atoms with Crippen LogP contribution >= 0.6 is 0 Å². The summed E-state index contributed by atoms with van der Waals surface area (Å²) in [5.41, 5.74) is 11.2. The van der Waals surface area contributed by atoms with E-state index in [1.54, 1.807) is 31.5 Å². The van der Waals surface area contributed by atoms with Gasteiger partial charge in [0.25, 0.3) is 5.96 Å². The molecule has 0 amide bonds. The molecule has 0 saturated carbocycles. The van der Waals surface area contributed by atoms with Crippen molar-refractivity contribution in [1.29, 1.82) is 0 Å². The third-order valence-corrected chi connectivity index (χ3v) is 1.97. The van der Waals surface area contributed by atoms with Crippen LogP contribution < -0.4 is 26.0 Å². The molecule has 0 aliphatic carbocycles. The number of hydrogen-bond donors (Lipinski definition) is 3. The van der Waals surface area contributed by atoms with Gasteiger partial charge in [-0.1, -0.05) is 12.7 Å². The van der Waals surface area contributed by atoms with Crippen molar-refractivity contribution in [3.05, 3.63) is 36.4 Å². The molecule has 0 atom stereocenters. The van der Waals surface area contributed by atoms with E-state index in [-0.39, 0.29) is 5.96 Å². The van der Waals surface area contributed by atoms with Crippen LogP contribution in [0, 0.1) is 0 Å². The first kappa shape index (κ1) is 13.6. The Morgan fingerprint density at radius 2 is 2.22 bits per heavy atom. The fraction of sp³-hybridized carbons (Fsp3) is 0.167. The van der Waals surface area contributed by atoms with Crippen LogP contribution in [0.25, 0.3) is 0 Å². The van der Waals surface area contributed by atoms with Crippen LogP contribution in [0.1, 0.15) is 5.56 Å². The molecule has 5 N–H and O–H groups in total. The molecule has 0 heterocycles. The highest BCUT2D eigenvalue weighted by Crippen LogP contribution is 2.27. The Hall–Kier alpha value is -2.50. The molecule has 0 unspecified atom stereocenters. The quantitative estimate of drug-likeness (QED) is 0.259. The number of nitrogens with one attached hydrogen (secondary N) is 1. The van der Waals surface area contributed by atoms with E-state index in [1.165, 1.54) is 0 Å². The highest BCUT2D eigenvalue weighted by atomic mass is 16.5. The topological polar surface area (TPSA) is 96.8 Å². The second kappa shape index (κ2) is 6.95. The zero-order valence-corrected chi connectivity index (χ0v) is 10.2. The second-order valence-electron chi connectivity index (χ2n) is 3.32. The van der Waals surface area contributed by atoms with Crippen LogP contribution in [0.5, 0.6) is 11.5 Å². The van der Waals surface area contributed by atoms with Crippen molar-refractivity contribution in [3.63, 3.8) is 0 Å². The maximum Gasteiger partial charge on any atom is 0.256 e. The molecular weight excluding hydrogens is 232 g/mol. The van der Waals surface area contributed by atoms with Gasteiger partial charge < -0.3 is 20.9 Å². The Morgan fingerprint density at radius 3 is 2.83 bits per heavy atom. The molecule has 0 aromatic heterocycles. The van der Waals surface area contributed by atoms with E-state index in [0.717, 1.165) is 5.56 Å². The van der Waals surface area contributed by atoms with Crippen molar-refractivity contribution in [1.82, 2.24) is 0 Å². The van der Waals surface area contributed by atoms with E-state index in [4.69, 9.17) is 20.9 Å². The van der Waals surface area contributed by atoms with Crippen LogP contribution in [0.15, 0.2) is 36.0 Å². The molecule has 0 saturated heterocycles. The monoisotopic (exact) mass is 249 g/mol. The third kappa shape index (κ3) is 4.17. The molecule has 1 rings (SSSR count). The number of nitrogens with two attached hydrogens (primary N) is 2. The van der Waals surface area contributed by atoms with Crippen LogP contribution in [-0.4, -0.2) is 25.9 Å². The molecule has 0 fully saturated rings. The summed E-state index contributed by atoms with van der Waals surface area (Å²) in [6.45, 7) is 4.01. The number of benzene rings is 1. The van der Waals surface area contributed by atoms with E-state index >= 15 is 0 Å². The summed E-state index contributed by atoms with van der Waals surface area (Å²) in [5.74, 6) is 1.23. The van der Waals surface area contributed by atoms with Gasteiger partial charge in [-0.2, -0.15) is 0 Å². The van der Waals surface area contributed by atoms with E-state index in [9.17, 15) is 0 Å². The minimum Gasteiger partial charge on any atom is -0.493 e. The summed E-state index contributed by atoms with van der Waals surface area (Å²) in [6.07, 6.45) is 3.30. The predicted octanol–water partition coefficient (Wildman–Crippen LogP) is -1.05. The Kier molecular flexibility index (Phi) is 5.24. The minimum absolute atomic E-state index is 0.0378. The lowest BCUT2D eigenvalue weighted by atomic mass is 10.2. The summed E-state index contributed by atoms with van der Waals surface area (Å²) in [7, 11) is 1.57. The van der Waals surface area contributed by atoms with Gasteiger partial charge in [0.15, 0.2) is 11.5 Å². The lowest BCUT2D eigenvalue weighted by Gasteiger charge is -2.08. The molecule has 6 nitrogen and oxygen atoms in total. The molecule has 96 valence electrons. The van der Waals surface area contributed by atoms with Crippen LogP contribution in [0.4, 0.5) is 0 Å². The van der Waals surface area contributed by atoms with Gasteiger partial charge in [0, 0.05) is 10.7 Å². The van der Waals surface area contributed by atoms with Crippen LogP contribution in [0.2, 0.25) is 0 Å². The third-order valence-electron chi connectivity index (χ3n) is 1.97. The first-order valence-corrected chi connectivity index (χ1v) is 5.26. The molecule has 0 bridgehead atoms. The Balaban J connectivity index is 2.87. The number of ether oxygens (including phenoxy) is 2. The Morgan fingerprint density at radius 1 is 1.44 bits per heavy atom. The lowest BCUT2D eigenvalue weighted by molar-refractivity contribution is -0.456. The van der Waals surface area contributed by atoms with Gasteiger partial charge in [-0.25, -0.2) is 0 Å². The lowest BCUT2D eigenvalue weighted by Crippen LogP contribution is -2.63. The maximum atomic E-state index is 5.43. The molecule has 18 heavy (non-hydrogen) atoms. The predicted molar refractivity (Wildman–Crippen MR) is 70.6 cm³/mol. The van der Waals surface area contributed by atoms with Crippen molar-refractivity contribution in [3.8, 4) is 11.5 Å². The standard InChI is InChI=1S/C12H16N4O2/c1-3-6-18-10-5-4-9(7-11(10)17-2)8-15-16-12(13)14/h3-5,7-8H,1,6H2,2H3,(H4,13,14,16)/p+1/b15-8+. The number of hydrazone groups is 1. The average molecular weight is 249 g/mol. The highest BCUT2D eigenvalue weighted by Gasteiger charge is 2.05. The van der Waals surface area contributed by atoms with Crippen molar-refractivity contribution < 1.29 is 14.6 Å². The normalized spacial score (nSPS) is 10.1. The Bertz CT molecular complexity index is 465. The van der Waals surface area contributed by atoms with Gasteiger partial charge in [0.2, 0.25) is 6.21 Å². The van der Waals surface area contributed by atoms with Crippen LogP contribution in [0.3, 0.4) is 0 Å². The van der Waals surface area contributed by atoms with Gasteiger partial charge >= 0.3 is 0 Å². The first-order chi connectivity index (χ1) is 8.67. The SMILES string of the molecule is C=CCOc1ccc(/C=[NH+]/N=C(N)N)cc1OC.